The van der Waals surface area contributed by atoms with Crippen LogP contribution in [0.25, 0.3) is 22.6 Å². The summed E-state index contributed by atoms with van der Waals surface area (Å²) >= 11 is 0. The number of rotatable bonds is 5. The molecular weight excluding hydrogens is 358 g/mol. The molecule has 2 aromatic heterocycles. The van der Waals surface area contributed by atoms with Crippen LogP contribution in [-0.2, 0) is 18.9 Å². The Morgan fingerprint density at radius 1 is 1.21 bits per heavy atom. The zero-order valence-electron chi connectivity index (χ0n) is 17.0. The first-order valence-corrected chi connectivity index (χ1v) is 9.01. The third-order valence-corrected chi connectivity index (χ3v) is 4.42. The Labute approximate surface area is 163 Å². The smallest absolute Gasteiger partial charge is 0.256 e. The highest BCUT2D eigenvalue weighted by molar-refractivity contribution is 6.00. The standard InChI is InChI=1S/C20H25N5O3/c1-11(2)21-20(27)14-10-24(4)17(18(14)28-6)19-23-15-9-13(22-12(3)26)7-8-16(15)25(19)5/h7-11H,1-6H3,(H,21,27)(H,22,26). The minimum atomic E-state index is -0.194. The molecule has 3 aromatic rings. The molecule has 0 saturated carbocycles. The van der Waals surface area contributed by atoms with Crippen LogP contribution < -0.4 is 15.4 Å². The predicted molar refractivity (Wildman–Crippen MR) is 109 cm³/mol. The van der Waals surface area contributed by atoms with E-state index in [2.05, 4.69) is 10.6 Å². The van der Waals surface area contributed by atoms with E-state index in [0.717, 1.165) is 11.0 Å². The van der Waals surface area contributed by atoms with Crippen molar-refractivity contribution in [3.63, 3.8) is 0 Å². The average Bonchev–Trinajstić information content (AvgIpc) is 3.10. The number of amides is 2. The fourth-order valence-electron chi connectivity index (χ4n) is 3.26. The van der Waals surface area contributed by atoms with Crippen LogP contribution in [0.3, 0.4) is 0 Å². The zero-order chi connectivity index (χ0) is 20.6. The fourth-order valence-corrected chi connectivity index (χ4v) is 3.26. The third kappa shape index (κ3) is 3.45. The minimum Gasteiger partial charge on any atom is -0.494 e. The number of nitrogens with zero attached hydrogens (tertiary/aromatic N) is 3. The average molecular weight is 383 g/mol. The fraction of sp³-hybridized carbons (Fsp3) is 0.350. The predicted octanol–water partition coefficient (Wildman–Crippen LogP) is 2.68. The third-order valence-electron chi connectivity index (χ3n) is 4.42. The first kappa shape index (κ1) is 19.5. The van der Waals surface area contributed by atoms with Gasteiger partial charge in [0, 0.05) is 38.9 Å². The number of hydrogen-bond acceptors (Lipinski definition) is 4. The Kier molecular flexibility index (Phi) is 5.13. The van der Waals surface area contributed by atoms with Crippen LogP contribution in [0, 0.1) is 0 Å². The number of methoxy groups -OCH3 is 1. The molecule has 2 N–H and O–H groups in total. The normalized spacial score (nSPS) is 11.1. The van der Waals surface area contributed by atoms with Gasteiger partial charge in [-0.05, 0) is 32.0 Å². The van der Waals surface area contributed by atoms with Gasteiger partial charge in [-0.3, -0.25) is 9.59 Å². The lowest BCUT2D eigenvalue weighted by atomic mass is 10.2. The molecule has 0 unspecified atom stereocenters. The molecule has 8 nitrogen and oxygen atoms in total. The van der Waals surface area contributed by atoms with E-state index in [9.17, 15) is 9.59 Å². The first-order valence-electron chi connectivity index (χ1n) is 9.01. The van der Waals surface area contributed by atoms with Crippen molar-refractivity contribution in [1.82, 2.24) is 19.4 Å². The highest BCUT2D eigenvalue weighted by Gasteiger charge is 2.25. The number of imidazole rings is 1. The van der Waals surface area contributed by atoms with Gasteiger partial charge in [0.05, 0.1) is 23.7 Å². The van der Waals surface area contributed by atoms with Crippen LogP contribution in [0.2, 0.25) is 0 Å². The minimum absolute atomic E-state index is 0.0174. The van der Waals surface area contributed by atoms with Gasteiger partial charge in [-0.15, -0.1) is 0 Å². The summed E-state index contributed by atoms with van der Waals surface area (Å²) in [6.45, 7) is 5.28. The summed E-state index contributed by atoms with van der Waals surface area (Å²) in [5.41, 5.74) is 3.48. The van der Waals surface area contributed by atoms with Gasteiger partial charge in [-0.2, -0.15) is 0 Å². The van der Waals surface area contributed by atoms with Crippen molar-refractivity contribution < 1.29 is 14.3 Å². The van der Waals surface area contributed by atoms with E-state index in [1.165, 1.54) is 6.92 Å². The van der Waals surface area contributed by atoms with Gasteiger partial charge in [0.15, 0.2) is 11.6 Å². The molecule has 1 aromatic carbocycles. The van der Waals surface area contributed by atoms with Crippen LogP contribution in [-0.4, -0.2) is 39.1 Å². The van der Waals surface area contributed by atoms with E-state index in [1.54, 1.807) is 13.3 Å². The second kappa shape index (κ2) is 7.38. The number of benzene rings is 1. The Bertz CT molecular complexity index is 1060. The monoisotopic (exact) mass is 383 g/mol. The van der Waals surface area contributed by atoms with Crippen LogP contribution in [0.1, 0.15) is 31.1 Å². The molecular formula is C20H25N5O3. The largest absolute Gasteiger partial charge is 0.494 e. The van der Waals surface area contributed by atoms with Crippen molar-refractivity contribution in [3.05, 3.63) is 30.0 Å². The molecule has 8 heteroatoms. The molecule has 0 radical (unpaired) electrons. The lowest BCUT2D eigenvalue weighted by Crippen LogP contribution is -2.30. The maximum Gasteiger partial charge on any atom is 0.256 e. The van der Waals surface area contributed by atoms with Crippen molar-refractivity contribution in [1.29, 1.82) is 0 Å². The van der Waals surface area contributed by atoms with Crippen molar-refractivity contribution >= 4 is 28.5 Å². The lowest BCUT2D eigenvalue weighted by Gasteiger charge is -2.10. The number of ether oxygens (including phenoxy) is 1. The molecule has 28 heavy (non-hydrogen) atoms. The second-order valence-electron chi connectivity index (χ2n) is 7.04. The van der Waals surface area contributed by atoms with Crippen LogP contribution in [0.4, 0.5) is 5.69 Å². The van der Waals surface area contributed by atoms with Crippen molar-refractivity contribution in [2.45, 2.75) is 26.8 Å². The van der Waals surface area contributed by atoms with Gasteiger partial charge in [0.1, 0.15) is 5.69 Å². The molecule has 0 spiro atoms. The molecule has 0 aliphatic heterocycles. The summed E-state index contributed by atoms with van der Waals surface area (Å²) in [5, 5.41) is 5.66. The number of fused-ring (bicyclic) bond motifs is 1. The molecule has 2 amide bonds. The maximum absolute atomic E-state index is 12.6. The number of aryl methyl sites for hydroxylation is 2. The van der Waals surface area contributed by atoms with E-state index in [1.807, 2.05) is 55.3 Å². The number of hydrogen-bond donors (Lipinski definition) is 2. The molecule has 0 atom stereocenters. The molecule has 148 valence electrons. The van der Waals surface area contributed by atoms with Gasteiger partial charge in [-0.1, -0.05) is 0 Å². The number of carbonyl (C=O) groups is 2. The van der Waals surface area contributed by atoms with Gasteiger partial charge < -0.3 is 24.5 Å². The summed E-state index contributed by atoms with van der Waals surface area (Å²) in [4.78, 5) is 28.6. The Morgan fingerprint density at radius 3 is 2.54 bits per heavy atom. The van der Waals surface area contributed by atoms with E-state index >= 15 is 0 Å². The van der Waals surface area contributed by atoms with E-state index < -0.39 is 0 Å². The van der Waals surface area contributed by atoms with Gasteiger partial charge >= 0.3 is 0 Å². The summed E-state index contributed by atoms with van der Waals surface area (Å²) in [7, 11) is 5.30. The van der Waals surface area contributed by atoms with Crippen LogP contribution >= 0.6 is 0 Å². The maximum atomic E-state index is 12.6. The van der Waals surface area contributed by atoms with Gasteiger partial charge in [0.2, 0.25) is 5.91 Å². The zero-order valence-corrected chi connectivity index (χ0v) is 17.0. The summed E-state index contributed by atoms with van der Waals surface area (Å²) < 4.78 is 9.37. The number of anilines is 1. The van der Waals surface area contributed by atoms with Crippen molar-refractivity contribution in [2.75, 3.05) is 12.4 Å². The second-order valence-corrected chi connectivity index (χ2v) is 7.04. The molecule has 0 aliphatic rings. The molecule has 2 heterocycles. The van der Waals surface area contributed by atoms with E-state index in [-0.39, 0.29) is 17.9 Å². The highest BCUT2D eigenvalue weighted by atomic mass is 16.5. The van der Waals surface area contributed by atoms with Crippen LogP contribution in [0.5, 0.6) is 5.75 Å². The quantitative estimate of drug-likeness (QED) is 0.709. The molecule has 3 rings (SSSR count). The molecule has 0 aliphatic carbocycles. The Morgan fingerprint density at radius 2 is 1.93 bits per heavy atom. The Hall–Kier alpha value is -3.29. The SMILES string of the molecule is COc1c(C(=O)NC(C)C)cn(C)c1-c1nc2cc(NC(C)=O)ccc2n1C. The van der Waals surface area contributed by atoms with Crippen molar-refractivity contribution in [3.8, 4) is 17.3 Å². The summed E-state index contributed by atoms with van der Waals surface area (Å²) in [5.74, 6) is 0.805. The topological polar surface area (TPSA) is 90.2 Å². The van der Waals surface area contributed by atoms with E-state index in [4.69, 9.17) is 9.72 Å². The van der Waals surface area contributed by atoms with Crippen molar-refractivity contribution in [2.24, 2.45) is 14.1 Å². The highest BCUT2D eigenvalue weighted by Crippen LogP contribution is 2.35. The number of aromatic nitrogens is 3. The summed E-state index contributed by atoms with van der Waals surface area (Å²) in [6, 6.07) is 5.57. The molecule has 0 fully saturated rings. The number of carbonyl (C=O) groups excluding carboxylic acids is 2. The van der Waals surface area contributed by atoms with Crippen LogP contribution in [0.15, 0.2) is 24.4 Å². The van der Waals surface area contributed by atoms with E-state index in [0.29, 0.717) is 28.5 Å². The molecule has 0 saturated heterocycles. The molecule has 0 bridgehead atoms. The number of nitrogens with one attached hydrogen (secondary N) is 2. The Balaban J connectivity index is 2.14. The van der Waals surface area contributed by atoms with Gasteiger partial charge in [-0.25, -0.2) is 4.98 Å². The summed E-state index contributed by atoms with van der Waals surface area (Å²) in [6.07, 6.45) is 1.74. The first-order chi connectivity index (χ1) is 13.2. The van der Waals surface area contributed by atoms with Gasteiger partial charge in [0.25, 0.3) is 5.91 Å². The lowest BCUT2D eigenvalue weighted by molar-refractivity contribution is -0.114.